The summed E-state index contributed by atoms with van der Waals surface area (Å²) in [6.07, 6.45) is 2.41. The molecule has 0 radical (unpaired) electrons. The quantitative estimate of drug-likeness (QED) is 0.620. The van der Waals surface area contributed by atoms with Crippen molar-refractivity contribution in [2.45, 2.75) is 38.0 Å². The highest BCUT2D eigenvalue weighted by atomic mass is 16.5. The molecule has 2 aliphatic heterocycles. The lowest BCUT2D eigenvalue weighted by Crippen LogP contribution is -2.36. The van der Waals surface area contributed by atoms with Crippen LogP contribution >= 0.6 is 0 Å². The number of hydrogen-bond acceptors (Lipinski definition) is 3. The summed E-state index contributed by atoms with van der Waals surface area (Å²) in [5.41, 5.74) is 0. The molecule has 2 rings (SSSR count). The standard InChI is InChI=1S/C9H17NO2/c1-2-3-6-4-10-8-7(11)5-12-9(6)8/h6-11H,2-5H2,1H3/t6-,7-,8+,9+/m0/s1. The monoisotopic (exact) mass is 171 g/mol. The molecule has 0 saturated carbocycles. The van der Waals surface area contributed by atoms with Crippen LogP contribution in [-0.4, -0.2) is 36.5 Å². The average Bonchev–Trinajstić information content (AvgIpc) is 2.58. The van der Waals surface area contributed by atoms with Crippen LogP contribution in [0.2, 0.25) is 0 Å². The third-order valence-electron chi connectivity index (χ3n) is 2.97. The Labute approximate surface area is 73.1 Å². The Kier molecular flexibility index (Phi) is 2.35. The molecule has 0 amide bonds. The van der Waals surface area contributed by atoms with Gasteiger partial charge in [-0.3, -0.25) is 0 Å². The first-order valence-corrected chi connectivity index (χ1v) is 4.86. The van der Waals surface area contributed by atoms with Gasteiger partial charge in [0.15, 0.2) is 0 Å². The minimum Gasteiger partial charge on any atom is -0.389 e. The highest BCUT2D eigenvalue weighted by Gasteiger charge is 2.44. The van der Waals surface area contributed by atoms with Crippen LogP contribution in [0.5, 0.6) is 0 Å². The maximum absolute atomic E-state index is 9.50. The Morgan fingerprint density at radius 3 is 3.17 bits per heavy atom. The molecule has 0 unspecified atom stereocenters. The predicted molar refractivity (Wildman–Crippen MR) is 45.9 cm³/mol. The molecule has 0 aromatic rings. The van der Waals surface area contributed by atoms with Gasteiger partial charge < -0.3 is 15.2 Å². The molecule has 2 fully saturated rings. The highest BCUT2D eigenvalue weighted by Crippen LogP contribution is 2.29. The molecular formula is C9H17NO2. The van der Waals surface area contributed by atoms with E-state index in [-0.39, 0.29) is 18.2 Å². The molecule has 4 atom stereocenters. The molecule has 0 aromatic carbocycles. The van der Waals surface area contributed by atoms with Gasteiger partial charge in [0.25, 0.3) is 0 Å². The summed E-state index contributed by atoms with van der Waals surface area (Å²) >= 11 is 0. The van der Waals surface area contributed by atoms with Gasteiger partial charge in [0.2, 0.25) is 0 Å². The summed E-state index contributed by atoms with van der Waals surface area (Å²) in [6.45, 7) is 3.72. The maximum atomic E-state index is 9.50. The van der Waals surface area contributed by atoms with Crippen molar-refractivity contribution in [2.75, 3.05) is 13.2 Å². The lowest BCUT2D eigenvalue weighted by atomic mass is 9.97. The molecule has 3 heteroatoms. The smallest absolute Gasteiger partial charge is 0.0951 e. The predicted octanol–water partition coefficient (Wildman–Crippen LogP) is 0.134. The first-order chi connectivity index (χ1) is 5.83. The number of fused-ring (bicyclic) bond motifs is 1. The molecule has 2 heterocycles. The maximum Gasteiger partial charge on any atom is 0.0951 e. The first-order valence-electron chi connectivity index (χ1n) is 4.86. The van der Waals surface area contributed by atoms with E-state index in [0.29, 0.717) is 12.5 Å². The third kappa shape index (κ3) is 1.26. The molecule has 0 bridgehead atoms. The van der Waals surface area contributed by atoms with Gasteiger partial charge in [0.1, 0.15) is 0 Å². The van der Waals surface area contributed by atoms with Gasteiger partial charge in [0.05, 0.1) is 24.9 Å². The van der Waals surface area contributed by atoms with Crippen LogP contribution in [0.25, 0.3) is 0 Å². The van der Waals surface area contributed by atoms with Crippen LogP contribution in [0.1, 0.15) is 19.8 Å². The second-order valence-electron chi connectivity index (χ2n) is 3.85. The number of nitrogens with one attached hydrogen (secondary N) is 1. The van der Waals surface area contributed by atoms with E-state index in [2.05, 4.69) is 12.2 Å². The molecule has 0 aromatic heterocycles. The summed E-state index contributed by atoms with van der Waals surface area (Å²) in [5.74, 6) is 0.622. The molecule has 2 aliphatic rings. The number of aliphatic hydroxyl groups is 1. The second-order valence-corrected chi connectivity index (χ2v) is 3.85. The molecule has 0 spiro atoms. The zero-order valence-corrected chi connectivity index (χ0v) is 7.49. The largest absolute Gasteiger partial charge is 0.389 e. The Morgan fingerprint density at radius 2 is 2.42 bits per heavy atom. The second kappa shape index (κ2) is 3.32. The van der Waals surface area contributed by atoms with E-state index in [1.165, 1.54) is 12.8 Å². The van der Waals surface area contributed by atoms with Gasteiger partial charge in [-0.2, -0.15) is 0 Å². The number of aliphatic hydroxyl groups excluding tert-OH is 1. The number of ether oxygens (including phenoxy) is 1. The van der Waals surface area contributed by atoms with Crippen LogP contribution in [0, 0.1) is 5.92 Å². The Balaban J connectivity index is 1.96. The van der Waals surface area contributed by atoms with Crippen LogP contribution in [0.3, 0.4) is 0 Å². The molecule has 3 nitrogen and oxygen atoms in total. The van der Waals surface area contributed by atoms with Crippen molar-refractivity contribution < 1.29 is 9.84 Å². The number of rotatable bonds is 2. The highest BCUT2D eigenvalue weighted by molar-refractivity contribution is 4.99. The summed E-state index contributed by atoms with van der Waals surface area (Å²) in [4.78, 5) is 0. The van der Waals surface area contributed by atoms with Crippen LogP contribution in [0.4, 0.5) is 0 Å². The zero-order valence-electron chi connectivity index (χ0n) is 7.49. The lowest BCUT2D eigenvalue weighted by Gasteiger charge is -2.15. The molecule has 2 saturated heterocycles. The van der Waals surface area contributed by atoms with Gasteiger partial charge in [0, 0.05) is 6.54 Å². The molecule has 2 N–H and O–H groups in total. The van der Waals surface area contributed by atoms with E-state index < -0.39 is 0 Å². The minimum absolute atomic E-state index is 0.210. The Morgan fingerprint density at radius 1 is 1.58 bits per heavy atom. The van der Waals surface area contributed by atoms with E-state index in [1.807, 2.05) is 0 Å². The van der Waals surface area contributed by atoms with E-state index in [4.69, 9.17) is 4.74 Å². The fourth-order valence-corrected chi connectivity index (χ4v) is 2.36. The summed E-state index contributed by atoms with van der Waals surface area (Å²) in [6, 6.07) is 0.210. The number of hydrogen-bond donors (Lipinski definition) is 2. The van der Waals surface area contributed by atoms with Crippen molar-refractivity contribution in [2.24, 2.45) is 5.92 Å². The fraction of sp³-hybridized carbons (Fsp3) is 1.00. The topological polar surface area (TPSA) is 41.5 Å². The van der Waals surface area contributed by atoms with Gasteiger partial charge in [-0.15, -0.1) is 0 Å². The minimum atomic E-state index is -0.281. The van der Waals surface area contributed by atoms with Crippen molar-refractivity contribution in [3.05, 3.63) is 0 Å². The van der Waals surface area contributed by atoms with Crippen molar-refractivity contribution in [1.82, 2.24) is 5.32 Å². The van der Waals surface area contributed by atoms with Crippen LogP contribution in [0.15, 0.2) is 0 Å². The lowest BCUT2D eigenvalue weighted by molar-refractivity contribution is 0.0606. The van der Waals surface area contributed by atoms with Gasteiger partial charge in [-0.05, 0) is 12.3 Å². The fourth-order valence-electron chi connectivity index (χ4n) is 2.36. The van der Waals surface area contributed by atoms with E-state index in [1.54, 1.807) is 0 Å². The normalized spacial score (nSPS) is 46.5. The average molecular weight is 171 g/mol. The molecule has 0 aliphatic carbocycles. The van der Waals surface area contributed by atoms with Crippen LogP contribution in [-0.2, 0) is 4.74 Å². The Bertz CT molecular complexity index is 163. The summed E-state index contributed by atoms with van der Waals surface area (Å²) in [5, 5.41) is 12.8. The van der Waals surface area contributed by atoms with Crippen molar-refractivity contribution in [3.63, 3.8) is 0 Å². The Hall–Kier alpha value is -0.120. The van der Waals surface area contributed by atoms with Crippen molar-refractivity contribution in [3.8, 4) is 0 Å². The summed E-state index contributed by atoms with van der Waals surface area (Å²) < 4.78 is 5.54. The third-order valence-corrected chi connectivity index (χ3v) is 2.97. The molecule has 70 valence electrons. The van der Waals surface area contributed by atoms with Crippen LogP contribution < -0.4 is 5.32 Å². The van der Waals surface area contributed by atoms with E-state index in [9.17, 15) is 5.11 Å². The van der Waals surface area contributed by atoms with Gasteiger partial charge >= 0.3 is 0 Å². The first kappa shape index (κ1) is 8.48. The molecular weight excluding hydrogens is 154 g/mol. The van der Waals surface area contributed by atoms with E-state index in [0.717, 1.165) is 6.54 Å². The SMILES string of the molecule is CCC[C@H]1CN[C@H]2[C@@H]1OC[C@@H]2O. The van der Waals surface area contributed by atoms with Gasteiger partial charge in [-0.1, -0.05) is 13.3 Å². The van der Waals surface area contributed by atoms with Crippen molar-refractivity contribution >= 4 is 0 Å². The zero-order chi connectivity index (χ0) is 8.55. The van der Waals surface area contributed by atoms with Gasteiger partial charge in [-0.25, -0.2) is 0 Å². The van der Waals surface area contributed by atoms with E-state index >= 15 is 0 Å². The van der Waals surface area contributed by atoms with Crippen molar-refractivity contribution in [1.29, 1.82) is 0 Å². The summed E-state index contributed by atoms with van der Waals surface area (Å²) in [7, 11) is 0. The molecule has 12 heavy (non-hydrogen) atoms.